The van der Waals surface area contributed by atoms with Crippen LogP contribution in [0.1, 0.15) is 24.5 Å². The molecule has 0 aliphatic heterocycles. The first-order valence-corrected chi connectivity index (χ1v) is 7.20. The second-order valence-corrected chi connectivity index (χ2v) is 5.16. The summed E-state index contributed by atoms with van der Waals surface area (Å²) in [6.45, 7) is 4.48. The Bertz CT molecular complexity index is 643. The number of carbonyl (C=O) groups excluding carboxylic acids is 1. The first kappa shape index (κ1) is 15.3. The van der Waals surface area contributed by atoms with E-state index in [1.165, 1.54) is 5.56 Å². The zero-order chi connectivity index (χ0) is 15.2. The Kier molecular flexibility index (Phi) is 5.17. The van der Waals surface area contributed by atoms with Gasteiger partial charge in [-0.1, -0.05) is 18.5 Å². The minimum atomic E-state index is -0.0219. The van der Waals surface area contributed by atoms with Gasteiger partial charge >= 0.3 is 0 Å². The molecule has 5 heteroatoms. The zero-order valence-corrected chi connectivity index (χ0v) is 12.9. The van der Waals surface area contributed by atoms with Crippen molar-refractivity contribution in [1.82, 2.24) is 4.98 Å². The van der Waals surface area contributed by atoms with Gasteiger partial charge in [0.15, 0.2) is 0 Å². The summed E-state index contributed by atoms with van der Waals surface area (Å²) in [5, 5.41) is 6.71. The van der Waals surface area contributed by atoms with Crippen molar-refractivity contribution in [3.63, 3.8) is 0 Å². The number of aromatic nitrogens is 1. The van der Waals surface area contributed by atoms with Gasteiger partial charge in [-0.25, -0.2) is 0 Å². The highest BCUT2D eigenvalue weighted by Gasteiger charge is 2.05. The summed E-state index contributed by atoms with van der Waals surface area (Å²) in [6, 6.07) is 7.36. The van der Waals surface area contributed by atoms with Crippen LogP contribution in [-0.2, 0) is 11.3 Å². The number of rotatable bonds is 5. The molecule has 21 heavy (non-hydrogen) atoms. The lowest BCUT2D eigenvalue weighted by atomic mass is 10.1. The predicted molar refractivity (Wildman–Crippen MR) is 86.7 cm³/mol. The van der Waals surface area contributed by atoms with Gasteiger partial charge in [-0.15, -0.1) is 0 Å². The van der Waals surface area contributed by atoms with Crippen molar-refractivity contribution < 1.29 is 4.79 Å². The summed E-state index contributed by atoms with van der Waals surface area (Å²) in [7, 11) is 0. The number of hydrogen-bond donors (Lipinski definition) is 2. The van der Waals surface area contributed by atoms with Crippen LogP contribution < -0.4 is 10.6 Å². The Balaban J connectivity index is 2.10. The van der Waals surface area contributed by atoms with Gasteiger partial charge in [-0.3, -0.25) is 9.78 Å². The lowest BCUT2D eigenvalue weighted by Crippen LogP contribution is -2.10. The van der Waals surface area contributed by atoms with Gasteiger partial charge in [-0.2, -0.15) is 0 Å². The number of anilines is 2. The smallest absolute Gasteiger partial charge is 0.224 e. The highest BCUT2D eigenvalue weighted by molar-refractivity contribution is 6.33. The van der Waals surface area contributed by atoms with E-state index in [4.69, 9.17) is 11.6 Å². The summed E-state index contributed by atoms with van der Waals surface area (Å²) in [4.78, 5) is 15.5. The Hall–Kier alpha value is -2.07. The van der Waals surface area contributed by atoms with Gasteiger partial charge in [0.1, 0.15) is 0 Å². The van der Waals surface area contributed by atoms with Crippen molar-refractivity contribution in [3.8, 4) is 0 Å². The monoisotopic (exact) mass is 303 g/mol. The number of amides is 1. The van der Waals surface area contributed by atoms with Crippen molar-refractivity contribution >= 4 is 28.9 Å². The molecule has 110 valence electrons. The molecule has 2 aromatic rings. The second-order valence-electron chi connectivity index (χ2n) is 4.75. The lowest BCUT2D eigenvalue weighted by molar-refractivity contribution is -0.115. The SMILES string of the molecule is CCC(=O)Nc1ccc(Cl)c(NCc2cnccc2C)c1. The average Bonchev–Trinajstić information content (AvgIpc) is 2.49. The van der Waals surface area contributed by atoms with E-state index >= 15 is 0 Å². The molecule has 4 nitrogen and oxygen atoms in total. The van der Waals surface area contributed by atoms with Gasteiger partial charge in [0.05, 0.1) is 10.7 Å². The fraction of sp³-hybridized carbons (Fsp3) is 0.250. The molecule has 0 bridgehead atoms. The molecule has 0 spiro atoms. The maximum Gasteiger partial charge on any atom is 0.224 e. The molecule has 1 heterocycles. The zero-order valence-electron chi connectivity index (χ0n) is 12.1. The molecule has 1 aromatic heterocycles. The van der Waals surface area contributed by atoms with E-state index < -0.39 is 0 Å². The summed E-state index contributed by atoms with van der Waals surface area (Å²) in [5.74, 6) is -0.0219. The molecule has 0 unspecified atom stereocenters. The molecule has 2 N–H and O–H groups in total. The van der Waals surface area contributed by atoms with E-state index in [1.54, 1.807) is 18.3 Å². The van der Waals surface area contributed by atoms with Crippen molar-refractivity contribution in [2.45, 2.75) is 26.8 Å². The van der Waals surface area contributed by atoms with Crippen molar-refractivity contribution in [3.05, 3.63) is 52.8 Å². The third kappa shape index (κ3) is 4.20. The van der Waals surface area contributed by atoms with E-state index in [9.17, 15) is 4.79 Å². The van der Waals surface area contributed by atoms with E-state index in [0.717, 1.165) is 16.9 Å². The van der Waals surface area contributed by atoms with Crippen LogP contribution in [0.3, 0.4) is 0 Å². The molecule has 0 radical (unpaired) electrons. The molecule has 0 aliphatic carbocycles. The number of aryl methyl sites for hydroxylation is 1. The van der Waals surface area contributed by atoms with Crippen molar-refractivity contribution in [2.75, 3.05) is 10.6 Å². The van der Waals surface area contributed by atoms with E-state index in [1.807, 2.05) is 32.2 Å². The van der Waals surface area contributed by atoms with Crippen LogP contribution in [0.25, 0.3) is 0 Å². The van der Waals surface area contributed by atoms with Crippen LogP contribution in [0, 0.1) is 6.92 Å². The molecule has 0 aliphatic rings. The molecule has 0 atom stereocenters. The average molecular weight is 304 g/mol. The molecule has 2 rings (SSSR count). The summed E-state index contributed by atoms with van der Waals surface area (Å²) >= 11 is 6.18. The summed E-state index contributed by atoms with van der Waals surface area (Å²) in [6.07, 6.45) is 4.05. The maximum atomic E-state index is 11.4. The second kappa shape index (κ2) is 7.09. The van der Waals surface area contributed by atoms with Gasteiger partial charge in [0.2, 0.25) is 5.91 Å². The molecule has 1 amide bonds. The van der Waals surface area contributed by atoms with Gasteiger partial charge in [0, 0.05) is 31.0 Å². The fourth-order valence-corrected chi connectivity index (χ4v) is 2.04. The fourth-order valence-electron chi connectivity index (χ4n) is 1.86. The van der Waals surface area contributed by atoms with Gasteiger partial charge in [-0.05, 0) is 42.3 Å². The number of pyridine rings is 1. The minimum Gasteiger partial charge on any atom is -0.380 e. The molecule has 0 saturated carbocycles. The summed E-state index contributed by atoms with van der Waals surface area (Å²) < 4.78 is 0. The first-order valence-electron chi connectivity index (χ1n) is 6.83. The number of halogens is 1. The third-order valence-electron chi connectivity index (χ3n) is 3.19. The standard InChI is InChI=1S/C16H18ClN3O/c1-3-16(21)20-13-4-5-14(17)15(8-13)19-10-12-9-18-7-6-11(12)2/h4-9,19H,3,10H2,1-2H3,(H,20,21). The lowest BCUT2D eigenvalue weighted by Gasteiger charge is -2.12. The predicted octanol–water partition coefficient (Wildman–Crippen LogP) is 4.00. The third-order valence-corrected chi connectivity index (χ3v) is 3.52. The van der Waals surface area contributed by atoms with E-state index in [-0.39, 0.29) is 5.91 Å². The Labute approximate surface area is 129 Å². The normalized spacial score (nSPS) is 10.2. The number of nitrogens with zero attached hydrogens (tertiary/aromatic N) is 1. The van der Waals surface area contributed by atoms with Crippen molar-refractivity contribution in [1.29, 1.82) is 0 Å². The molecule has 1 aromatic carbocycles. The van der Waals surface area contributed by atoms with Crippen LogP contribution in [0.5, 0.6) is 0 Å². The molecular formula is C16H18ClN3O. The molecule has 0 saturated heterocycles. The van der Waals surface area contributed by atoms with Crippen LogP contribution in [0.15, 0.2) is 36.7 Å². The molecular weight excluding hydrogens is 286 g/mol. The minimum absolute atomic E-state index is 0.0219. The van der Waals surface area contributed by atoms with Crippen molar-refractivity contribution in [2.24, 2.45) is 0 Å². The highest BCUT2D eigenvalue weighted by atomic mass is 35.5. The maximum absolute atomic E-state index is 11.4. The van der Waals surface area contributed by atoms with Crippen LogP contribution in [0.4, 0.5) is 11.4 Å². The quantitative estimate of drug-likeness (QED) is 0.877. The molecule has 0 fully saturated rings. The van der Waals surface area contributed by atoms with Crippen LogP contribution in [-0.4, -0.2) is 10.9 Å². The topological polar surface area (TPSA) is 54.0 Å². The number of carbonyl (C=O) groups is 1. The van der Waals surface area contributed by atoms with Gasteiger partial charge in [0.25, 0.3) is 0 Å². The van der Waals surface area contributed by atoms with E-state index in [0.29, 0.717) is 18.0 Å². The van der Waals surface area contributed by atoms with Gasteiger partial charge < -0.3 is 10.6 Å². The Morgan fingerprint density at radius 3 is 2.86 bits per heavy atom. The van der Waals surface area contributed by atoms with Crippen LogP contribution in [0.2, 0.25) is 5.02 Å². The number of nitrogens with one attached hydrogen (secondary N) is 2. The summed E-state index contributed by atoms with van der Waals surface area (Å²) in [5.41, 5.74) is 3.80. The first-order chi connectivity index (χ1) is 10.1. The Morgan fingerprint density at radius 2 is 2.14 bits per heavy atom. The highest BCUT2D eigenvalue weighted by Crippen LogP contribution is 2.26. The number of hydrogen-bond acceptors (Lipinski definition) is 3. The van der Waals surface area contributed by atoms with E-state index in [2.05, 4.69) is 15.6 Å². The number of benzene rings is 1. The van der Waals surface area contributed by atoms with Crippen LogP contribution >= 0.6 is 11.6 Å². The Morgan fingerprint density at radius 1 is 1.33 bits per heavy atom. The largest absolute Gasteiger partial charge is 0.380 e.